The molecular weight excluding hydrogens is 244 g/mol. The third kappa shape index (κ3) is 2.42. The SMILES string of the molecule is Cc1cc(B2OC(C)(C)C(C)(C)O2)c(F)cc1CN. The first kappa shape index (κ1) is 14.5. The van der Waals surface area contributed by atoms with Gasteiger partial charge >= 0.3 is 7.12 Å². The van der Waals surface area contributed by atoms with Crippen LogP contribution in [0, 0.1) is 12.7 Å². The summed E-state index contributed by atoms with van der Waals surface area (Å²) in [6, 6.07) is 3.23. The molecule has 19 heavy (non-hydrogen) atoms. The van der Waals surface area contributed by atoms with Gasteiger partial charge in [0.15, 0.2) is 0 Å². The van der Waals surface area contributed by atoms with E-state index in [1.807, 2.05) is 34.6 Å². The van der Waals surface area contributed by atoms with Crippen molar-refractivity contribution in [3.8, 4) is 0 Å². The van der Waals surface area contributed by atoms with Gasteiger partial charge in [0, 0.05) is 12.0 Å². The number of hydrogen-bond acceptors (Lipinski definition) is 3. The second-order valence-corrected chi connectivity index (χ2v) is 6.09. The molecule has 2 N–H and O–H groups in total. The molecule has 1 saturated heterocycles. The van der Waals surface area contributed by atoms with Crippen LogP contribution in [0.4, 0.5) is 4.39 Å². The van der Waals surface area contributed by atoms with Crippen molar-refractivity contribution in [1.82, 2.24) is 0 Å². The minimum atomic E-state index is -0.671. The van der Waals surface area contributed by atoms with E-state index in [9.17, 15) is 4.39 Å². The van der Waals surface area contributed by atoms with E-state index in [0.717, 1.165) is 11.1 Å². The molecule has 1 aromatic carbocycles. The maximum atomic E-state index is 14.2. The van der Waals surface area contributed by atoms with Gasteiger partial charge in [-0.05, 0) is 51.8 Å². The van der Waals surface area contributed by atoms with Crippen molar-refractivity contribution in [2.24, 2.45) is 5.73 Å². The summed E-state index contributed by atoms with van der Waals surface area (Å²) in [6.07, 6.45) is 0. The Morgan fingerprint density at radius 2 is 1.68 bits per heavy atom. The lowest BCUT2D eigenvalue weighted by Crippen LogP contribution is -2.41. The smallest absolute Gasteiger partial charge is 0.399 e. The molecule has 0 amide bonds. The van der Waals surface area contributed by atoms with Crippen LogP contribution in [0.25, 0.3) is 0 Å². The van der Waals surface area contributed by atoms with Gasteiger partial charge in [0.2, 0.25) is 0 Å². The summed E-state index contributed by atoms with van der Waals surface area (Å²) in [6.45, 7) is 10.0. The second-order valence-electron chi connectivity index (χ2n) is 6.09. The van der Waals surface area contributed by atoms with Crippen molar-refractivity contribution in [3.63, 3.8) is 0 Å². The highest BCUT2D eigenvalue weighted by molar-refractivity contribution is 6.62. The molecule has 0 aliphatic carbocycles. The van der Waals surface area contributed by atoms with E-state index in [2.05, 4.69) is 0 Å². The first-order valence-electron chi connectivity index (χ1n) is 6.52. The van der Waals surface area contributed by atoms with Crippen LogP contribution in [-0.4, -0.2) is 18.3 Å². The number of hydrogen-bond donors (Lipinski definition) is 1. The Hall–Kier alpha value is -0.905. The summed E-state index contributed by atoms with van der Waals surface area (Å²) in [7, 11) is -0.671. The molecule has 0 unspecified atom stereocenters. The molecule has 0 bridgehead atoms. The molecular formula is C14H21BFNO2. The molecule has 0 radical (unpaired) electrons. The average molecular weight is 265 g/mol. The molecule has 1 fully saturated rings. The van der Waals surface area contributed by atoms with Crippen molar-refractivity contribution < 1.29 is 13.7 Å². The second kappa shape index (κ2) is 4.58. The van der Waals surface area contributed by atoms with Crippen molar-refractivity contribution in [3.05, 3.63) is 29.1 Å². The van der Waals surface area contributed by atoms with E-state index in [4.69, 9.17) is 15.0 Å². The van der Waals surface area contributed by atoms with Gasteiger partial charge in [-0.3, -0.25) is 0 Å². The maximum absolute atomic E-state index is 14.2. The molecule has 0 aromatic heterocycles. The molecule has 3 nitrogen and oxygen atoms in total. The minimum absolute atomic E-state index is 0.326. The van der Waals surface area contributed by atoms with Crippen molar-refractivity contribution in [1.29, 1.82) is 0 Å². The van der Waals surface area contributed by atoms with E-state index in [1.54, 1.807) is 6.07 Å². The Bertz CT molecular complexity index is 486. The zero-order valence-electron chi connectivity index (χ0n) is 12.2. The average Bonchev–Trinajstić information content (AvgIpc) is 2.50. The van der Waals surface area contributed by atoms with E-state index in [0.29, 0.717) is 12.0 Å². The molecule has 1 aliphatic heterocycles. The van der Waals surface area contributed by atoms with Gasteiger partial charge in [-0.2, -0.15) is 0 Å². The largest absolute Gasteiger partial charge is 0.497 e. The third-order valence-corrected chi connectivity index (χ3v) is 4.18. The topological polar surface area (TPSA) is 44.5 Å². The first-order valence-corrected chi connectivity index (χ1v) is 6.52. The summed E-state index contributed by atoms with van der Waals surface area (Å²) >= 11 is 0. The molecule has 0 atom stereocenters. The molecule has 1 aliphatic rings. The quantitative estimate of drug-likeness (QED) is 0.830. The summed E-state index contributed by atoms with van der Waals surface area (Å²) in [5.74, 6) is -0.329. The fourth-order valence-corrected chi connectivity index (χ4v) is 2.12. The van der Waals surface area contributed by atoms with Crippen molar-refractivity contribution >= 4 is 12.6 Å². The van der Waals surface area contributed by atoms with Gasteiger partial charge in [0.25, 0.3) is 0 Å². The zero-order valence-corrected chi connectivity index (χ0v) is 12.2. The van der Waals surface area contributed by atoms with Gasteiger partial charge in [0.05, 0.1) is 11.2 Å². The molecule has 104 valence electrons. The van der Waals surface area contributed by atoms with Gasteiger partial charge in [-0.1, -0.05) is 6.07 Å². The van der Waals surface area contributed by atoms with Gasteiger partial charge in [-0.15, -0.1) is 0 Å². The molecule has 1 heterocycles. The summed E-state index contributed by atoms with van der Waals surface area (Å²) in [4.78, 5) is 0. The number of nitrogens with two attached hydrogens (primary N) is 1. The van der Waals surface area contributed by atoms with Crippen LogP contribution in [-0.2, 0) is 15.9 Å². The molecule has 0 saturated carbocycles. The Morgan fingerprint density at radius 3 is 2.16 bits per heavy atom. The predicted octanol–water partition coefficient (Wildman–Crippen LogP) is 1.89. The Labute approximate surface area is 114 Å². The first-order chi connectivity index (χ1) is 8.68. The number of aryl methyl sites for hydroxylation is 1. The highest BCUT2D eigenvalue weighted by Gasteiger charge is 2.52. The van der Waals surface area contributed by atoms with Crippen LogP contribution >= 0.6 is 0 Å². The van der Waals surface area contributed by atoms with E-state index in [1.165, 1.54) is 6.07 Å². The number of halogens is 1. The van der Waals surface area contributed by atoms with Crippen LogP contribution in [0.3, 0.4) is 0 Å². The fraction of sp³-hybridized carbons (Fsp3) is 0.571. The van der Waals surface area contributed by atoms with Crippen molar-refractivity contribution in [2.75, 3.05) is 0 Å². The Kier molecular flexibility index (Phi) is 3.50. The lowest BCUT2D eigenvalue weighted by Gasteiger charge is -2.32. The fourth-order valence-electron chi connectivity index (χ4n) is 2.12. The molecule has 1 aromatic rings. The highest BCUT2D eigenvalue weighted by atomic mass is 19.1. The van der Waals surface area contributed by atoms with Crippen molar-refractivity contribution in [2.45, 2.75) is 52.4 Å². The highest BCUT2D eigenvalue weighted by Crippen LogP contribution is 2.36. The van der Waals surface area contributed by atoms with Crippen LogP contribution in [0.5, 0.6) is 0 Å². The summed E-state index contributed by atoms with van der Waals surface area (Å²) < 4.78 is 25.9. The molecule has 2 rings (SSSR count). The normalized spacial score (nSPS) is 20.9. The van der Waals surface area contributed by atoms with Gasteiger partial charge in [0.1, 0.15) is 5.82 Å². The Morgan fingerprint density at radius 1 is 1.16 bits per heavy atom. The number of rotatable bonds is 2. The predicted molar refractivity (Wildman–Crippen MR) is 74.7 cm³/mol. The standard InChI is InChI=1S/C14H21BFNO2/c1-9-6-11(12(16)7-10(9)8-17)15-18-13(2,3)14(4,5)19-15/h6-7H,8,17H2,1-5H3. The summed E-state index contributed by atoms with van der Waals surface area (Å²) in [5, 5.41) is 0. The van der Waals surface area contributed by atoms with E-state index < -0.39 is 18.3 Å². The van der Waals surface area contributed by atoms with E-state index in [-0.39, 0.29) is 5.82 Å². The summed E-state index contributed by atoms with van der Waals surface area (Å²) in [5.41, 5.74) is 6.84. The Balaban J connectivity index is 2.37. The minimum Gasteiger partial charge on any atom is -0.399 e. The van der Waals surface area contributed by atoms with E-state index >= 15 is 0 Å². The van der Waals surface area contributed by atoms with Crippen LogP contribution in [0.15, 0.2) is 12.1 Å². The van der Waals surface area contributed by atoms with Gasteiger partial charge < -0.3 is 15.0 Å². The maximum Gasteiger partial charge on any atom is 0.497 e. The monoisotopic (exact) mass is 265 g/mol. The lowest BCUT2D eigenvalue weighted by molar-refractivity contribution is 0.00578. The zero-order chi connectivity index (χ0) is 14.4. The molecule has 0 spiro atoms. The third-order valence-electron chi connectivity index (χ3n) is 4.18. The van der Waals surface area contributed by atoms with Crippen LogP contribution in [0.1, 0.15) is 38.8 Å². The van der Waals surface area contributed by atoms with Crippen LogP contribution < -0.4 is 11.2 Å². The lowest BCUT2D eigenvalue weighted by atomic mass is 9.77. The van der Waals surface area contributed by atoms with Crippen LogP contribution in [0.2, 0.25) is 0 Å². The molecule has 5 heteroatoms. The number of benzene rings is 1. The van der Waals surface area contributed by atoms with Gasteiger partial charge in [-0.25, -0.2) is 4.39 Å².